The number of aromatic nitrogens is 2. The summed E-state index contributed by atoms with van der Waals surface area (Å²) in [4.78, 5) is 32.7. The molecule has 0 aliphatic carbocycles. The monoisotopic (exact) mass is 420 g/mol. The van der Waals surface area contributed by atoms with Crippen molar-refractivity contribution in [3.05, 3.63) is 89.7 Å². The zero-order valence-electron chi connectivity index (χ0n) is 15.2. The molecule has 0 saturated carbocycles. The smallest absolute Gasteiger partial charge is 0.267 e. The molecule has 144 valence electrons. The Morgan fingerprint density at radius 2 is 1.66 bits per heavy atom. The molecule has 0 spiro atoms. The van der Waals surface area contributed by atoms with E-state index in [4.69, 9.17) is 0 Å². The zero-order valence-corrected chi connectivity index (χ0v) is 16.8. The maximum absolute atomic E-state index is 12.2. The van der Waals surface area contributed by atoms with E-state index in [2.05, 4.69) is 26.9 Å². The lowest BCUT2D eigenvalue weighted by Gasteiger charge is -2.07. The molecular weight excluding hydrogens is 404 g/mol. The lowest BCUT2D eigenvalue weighted by atomic mass is 10.1. The first-order valence-electron chi connectivity index (χ1n) is 8.78. The van der Waals surface area contributed by atoms with Crippen LogP contribution in [0, 0.1) is 0 Å². The van der Waals surface area contributed by atoms with E-state index < -0.39 is 5.91 Å². The number of carbonyl (C=O) groups is 2. The van der Waals surface area contributed by atoms with Crippen molar-refractivity contribution in [3.63, 3.8) is 0 Å². The van der Waals surface area contributed by atoms with Gasteiger partial charge in [0.2, 0.25) is 0 Å². The van der Waals surface area contributed by atoms with Crippen molar-refractivity contribution in [2.75, 3.05) is 0 Å². The number of nitrogens with zero attached hydrogens (tertiary/aromatic N) is 2. The van der Waals surface area contributed by atoms with Crippen molar-refractivity contribution >= 4 is 45.1 Å². The van der Waals surface area contributed by atoms with E-state index in [1.165, 1.54) is 10.9 Å². The Bertz CT molecular complexity index is 1110. The number of hydrazine groups is 1. The first-order chi connectivity index (χ1) is 14.2. The third kappa shape index (κ3) is 4.79. The number of amides is 2. The van der Waals surface area contributed by atoms with Crippen molar-refractivity contribution < 1.29 is 9.59 Å². The van der Waals surface area contributed by atoms with E-state index in [1.54, 1.807) is 53.4 Å². The number of benzene rings is 2. The highest BCUT2D eigenvalue weighted by Gasteiger charge is 2.10. The van der Waals surface area contributed by atoms with Gasteiger partial charge in [0.1, 0.15) is 5.69 Å². The van der Waals surface area contributed by atoms with Gasteiger partial charge in [-0.15, -0.1) is 11.3 Å². The van der Waals surface area contributed by atoms with Crippen molar-refractivity contribution in [1.82, 2.24) is 20.8 Å². The number of hydrogen-bond donors (Lipinski definition) is 2. The number of rotatable bonds is 5. The SMILES string of the molecule is O=C(NNC(=O)c1ccccn1)c1ccc(CSc2nc3ccccc3s2)cc1. The minimum absolute atomic E-state index is 0.232. The van der Waals surface area contributed by atoms with Crippen LogP contribution in [0.1, 0.15) is 26.4 Å². The summed E-state index contributed by atoms with van der Waals surface area (Å²) in [7, 11) is 0. The number of thioether (sulfide) groups is 1. The summed E-state index contributed by atoms with van der Waals surface area (Å²) in [6.07, 6.45) is 1.52. The summed E-state index contributed by atoms with van der Waals surface area (Å²) in [5.41, 5.74) is 7.55. The van der Waals surface area contributed by atoms with Crippen molar-refractivity contribution in [3.8, 4) is 0 Å². The van der Waals surface area contributed by atoms with Gasteiger partial charge in [-0.3, -0.25) is 25.4 Å². The standard InChI is InChI=1S/C21H16N4O2S2/c26-19(24-25-20(27)17-6-3-4-12-22-17)15-10-8-14(9-11-15)13-28-21-23-16-5-1-2-7-18(16)29-21/h1-12H,13H2,(H,24,26)(H,25,27). The molecule has 4 rings (SSSR count). The molecule has 4 aromatic rings. The van der Waals surface area contributed by atoms with E-state index in [9.17, 15) is 9.59 Å². The number of para-hydroxylation sites is 1. The van der Waals surface area contributed by atoms with Crippen LogP contribution in [0.3, 0.4) is 0 Å². The molecule has 2 amide bonds. The van der Waals surface area contributed by atoms with Gasteiger partial charge in [-0.25, -0.2) is 4.98 Å². The van der Waals surface area contributed by atoms with Gasteiger partial charge >= 0.3 is 0 Å². The molecule has 2 aromatic carbocycles. The molecule has 0 bridgehead atoms. The van der Waals surface area contributed by atoms with E-state index in [0.717, 1.165) is 21.2 Å². The second-order valence-electron chi connectivity index (χ2n) is 6.06. The fraction of sp³-hybridized carbons (Fsp3) is 0.0476. The fourth-order valence-corrected chi connectivity index (χ4v) is 4.58. The predicted octanol–water partition coefficient (Wildman–Crippen LogP) is 4.06. The fourth-order valence-electron chi connectivity index (χ4n) is 2.56. The van der Waals surface area contributed by atoms with Crippen LogP contribution < -0.4 is 10.9 Å². The van der Waals surface area contributed by atoms with Gasteiger partial charge in [-0.1, -0.05) is 42.1 Å². The Balaban J connectivity index is 1.31. The van der Waals surface area contributed by atoms with Crippen LogP contribution in [0.25, 0.3) is 10.2 Å². The average molecular weight is 421 g/mol. The van der Waals surface area contributed by atoms with Crippen LogP contribution in [-0.4, -0.2) is 21.8 Å². The second-order valence-corrected chi connectivity index (χ2v) is 8.31. The van der Waals surface area contributed by atoms with Crippen molar-refractivity contribution in [2.45, 2.75) is 10.1 Å². The van der Waals surface area contributed by atoms with Gasteiger partial charge < -0.3 is 0 Å². The number of thiazole rings is 1. The van der Waals surface area contributed by atoms with Crippen LogP contribution in [0.4, 0.5) is 0 Å². The summed E-state index contributed by atoms with van der Waals surface area (Å²) >= 11 is 3.34. The second kappa shape index (κ2) is 8.85. The molecule has 6 nitrogen and oxygen atoms in total. The molecule has 2 heterocycles. The molecule has 0 fully saturated rings. The number of fused-ring (bicyclic) bond motifs is 1. The normalized spacial score (nSPS) is 10.6. The molecule has 0 radical (unpaired) electrons. The summed E-state index contributed by atoms with van der Waals surface area (Å²) < 4.78 is 2.19. The average Bonchev–Trinajstić information content (AvgIpc) is 3.20. The molecule has 29 heavy (non-hydrogen) atoms. The third-order valence-electron chi connectivity index (χ3n) is 4.04. The Morgan fingerprint density at radius 3 is 2.41 bits per heavy atom. The van der Waals surface area contributed by atoms with E-state index in [0.29, 0.717) is 5.56 Å². The Morgan fingerprint density at radius 1 is 0.897 bits per heavy atom. The van der Waals surface area contributed by atoms with Crippen LogP contribution in [-0.2, 0) is 5.75 Å². The van der Waals surface area contributed by atoms with Gasteiger partial charge in [0.15, 0.2) is 4.34 Å². The summed E-state index contributed by atoms with van der Waals surface area (Å²) in [5, 5.41) is 0. The van der Waals surface area contributed by atoms with Gasteiger partial charge in [-0.2, -0.15) is 0 Å². The minimum atomic E-state index is -0.470. The molecule has 0 aliphatic heterocycles. The number of nitrogens with one attached hydrogen (secondary N) is 2. The number of hydrogen-bond acceptors (Lipinski definition) is 6. The summed E-state index contributed by atoms with van der Waals surface area (Å²) in [6, 6.07) is 20.3. The molecule has 8 heteroatoms. The molecule has 0 atom stereocenters. The third-order valence-corrected chi connectivity index (χ3v) is 6.29. The zero-order chi connectivity index (χ0) is 20.1. The van der Waals surface area contributed by atoms with E-state index in [1.807, 2.05) is 30.3 Å². The van der Waals surface area contributed by atoms with Gasteiger partial charge in [0.05, 0.1) is 10.2 Å². The Kier molecular flexibility index (Phi) is 5.83. The number of pyridine rings is 1. The van der Waals surface area contributed by atoms with Gasteiger partial charge in [-0.05, 0) is 42.0 Å². The van der Waals surface area contributed by atoms with Crippen molar-refractivity contribution in [1.29, 1.82) is 0 Å². The first kappa shape index (κ1) is 19.1. The molecule has 2 N–H and O–H groups in total. The number of carbonyl (C=O) groups excluding carboxylic acids is 2. The lowest BCUT2D eigenvalue weighted by Crippen LogP contribution is -2.41. The maximum atomic E-state index is 12.2. The lowest BCUT2D eigenvalue weighted by molar-refractivity contribution is 0.0844. The Labute approximate surface area is 175 Å². The van der Waals surface area contributed by atoms with Crippen LogP contribution in [0.2, 0.25) is 0 Å². The maximum Gasteiger partial charge on any atom is 0.288 e. The van der Waals surface area contributed by atoms with E-state index >= 15 is 0 Å². The highest BCUT2D eigenvalue weighted by molar-refractivity contribution is 8.00. The van der Waals surface area contributed by atoms with Crippen LogP contribution >= 0.6 is 23.1 Å². The minimum Gasteiger partial charge on any atom is -0.267 e. The quantitative estimate of drug-likeness (QED) is 0.376. The largest absolute Gasteiger partial charge is 0.288 e. The van der Waals surface area contributed by atoms with E-state index in [-0.39, 0.29) is 11.6 Å². The highest BCUT2D eigenvalue weighted by atomic mass is 32.2. The topological polar surface area (TPSA) is 84.0 Å². The summed E-state index contributed by atoms with van der Waals surface area (Å²) in [6.45, 7) is 0. The first-order valence-corrected chi connectivity index (χ1v) is 10.6. The molecule has 2 aromatic heterocycles. The molecule has 0 aliphatic rings. The molecule has 0 saturated heterocycles. The highest BCUT2D eigenvalue weighted by Crippen LogP contribution is 2.31. The van der Waals surface area contributed by atoms with Gasteiger partial charge in [0.25, 0.3) is 11.8 Å². The van der Waals surface area contributed by atoms with Gasteiger partial charge in [0, 0.05) is 17.5 Å². The summed E-state index contributed by atoms with van der Waals surface area (Å²) in [5.74, 6) is -0.0968. The Hall–Kier alpha value is -3.23. The van der Waals surface area contributed by atoms with Crippen molar-refractivity contribution in [2.24, 2.45) is 0 Å². The van der Waals surface area contributed by atoms with Crippen LogP contribution in [0.15, 0.2) is 77.3 Å². The molecule has 0 unspecified atom stereocenters. The molecular formula is C21H16N4O2S2. The van der Waals surface area contributed by atoms with Crippen LogP contribution in [0.5, 0.6) is 0 Å². The predicted molar refractivity (Wildman–Crippen MR) is 115 cm³/mol.